The Bertz CT molecular complexity index is 1160. The number of hydrogen-bond donors (Lipinski definition) is 1. The number of alkyl halides is 3. The van der Waals surface area contributed by atoms with E-state index in [1.165, 1.54) is 6.07 Å². The average molecular weight is 397 g/mol. The van der Waals surface area contributed by atoms with E-state index in [2.05, 4.69) is 20.4 Å². The highest BCUT2D eigenvalue weighted by atomic mass is 19.4. The zero-order valence-electron chi connectivity index (χ0n) is 14.9. The highest BCUT2D eigenvalue weighted by molar-refractivity contribution is 5.93. The third kappa shape index (κ3) is 3.93. The summed E-state index contributed by atoms with van der Waals surface area (Å²) in [4.78, 5) is 20.6. The van der Waals surface area contributed by atoms with Gasteiger partial charge in [-0.3, -0.25) is 9.78 Å². The number of aromatic nitrogens is 4. The molecule has 6 nitrogen and oxygen atoms in total. The zero-order chi connectivity index (χ0) is 20.4. The molecule has 0 aliphatic rings. The Morgan fingerprint density at radius 3 is 2.55 bits per heavy atom. The molecule has 4 rings (SSSR count). The van der Waals surface area contributed by atoms with Crippen molar-refractivity contribution >= 4 is 11.6 Å². The molecule has 1 aromatic carbocycles. The normalized spacial score (nSPS) is 11.6. The van der Waals surface area contributed by atoms with Crippen molar-refractivity contribution in [3.05, 3.63) is 83.9 Å². The summed E-state index contributed by atoms with van der Waals surface area (Å²) in [6.07, 6.45) is -1.48. The number of carbonyl (C=O) groups is 1. The van der Waals surface area contributed by atoms with Crippen LogP contribution in [0.1, 0.15) is 21.7 Å². The molecule has 0 aliphatic heterocycles. The Morgan fingerprint density at radius 2 is 1.86 bits per heavy atom. The molecular weight excluding hydrogens is 383 g/mol. The van der Waals surface area contributed by atoms with Gasteiger partial charge in [0.15, 0.2) is 17.0 Å². The van der Waals surface area contributed by atoms with Gasteiger partial charge < -0.3 is 5.32 Å². The van der Waals surface area contributed by atoms with Crippen molar-refractivity contribution in [2.75, 3.05) is 0 Å². The Balaban J connectivity index is 1.71. The van der Waals surface area contributed by atoms with Gasteiger partial charge in [-0.1, -0.05) is 36.4 Å². The second-order valence-corrected chi connectivity index (χ2v) is 6.23. The van der Waals surface area contributed by atoms with Crippen LogP contribution in [0.25, 0.3) is 16.9 Å². The fourth-order valence-corrected chi connectivity index (χ4v) is 2.82. The summed E-state index contributed by atoms with van der Waals surface area (Å²) in [6, 6.07) is 14.2. The van der Waals surface area contributed by atoms with Crippen LogP contribution < -0.4 is 5.32 Å². The first kappa shape index (κ1) is 18.6. The minimum atomic E-state index is -4.67. The summed E-state index contributed by atoms with van der Waals surface area (Å²) >= 11 is 0. The van der Waals surface area contributed by atoms with Crippen molar-refractivity contribution in [3.63, 3.8) is 0 Å². The fraction of sp³-hybridized carbons (Fsp3) is 0.100. The third-order valence-electron chi connectivity index (χ3n) is 4.20. The summed E-state index contributed by atoms with van der Waals surface area (Å²) in [6.45, 7) is 0.176. The minimum Gasteiger partial charge on any atom is -0.347 e. The number of nitrogens with zero attached hydrogens (tertiary/aromatic N) is 4. The molecule has 0 saturated carbocycles. The predicted octanol–water partition coefficient (Wildman–Crippen LogP) is 3.74. The first-order valence-electron chi connectivity index (χ1n) is 8.62. The van der Waals surface area contributed by atoms with Crippen LogP contribution >= 0.6 is 0 Å². The second-order valence-electron chi connectivity index (χ2n) is 6.23. The lowest BCUT2D eigenvalue weighted by atomic mass is 10.1. The predicted molar refractivity (Wildman–Crippen MR) is 98.8 cm³/mol. The number of carbonyl (C=O) groups excluding carboxylic acids is 1. The van der Waals surface area contributed by atoms with Crippen molar-refractivity contribution in [2.45, 2.75) is 12.7 Å². The first-order chi connectivity index (χ1) is 13.9. The molecule has 0 spiro atoms. The lowest BCUT2D eigenvalue weighted by Gasteiger charge is -2.10. The Labute approximate surface area is 163 Å². The molecule has 0 radical (unpaired) electrons. The van der Waals surface area contributed by atoms with Crippen molar-refractivity contribution in [1.82, 2.24) is 24.9 Å². The molecule has 1 N–H and O–H groups in total. The molecule has 3 heterocycles. The van der Waals surface area contributed by atoms with Crippen molar-refractivity contribution in [3.8, 4) is 11.3 Å². The molecule has 0 unspecified atom stereocenters. The number of fused-ring (bicyclic) bond motifs is 1. The van der Waals surface area contributed by atoms with Gasteiger partial charge in [-0.2, -0.15) is 18.3 Å². The number of pyridine rings is 1. The van der Waals surface area contributed by atoms with Gasteiger partial charge in [-0.15, -0.1) is 0 Å². The van der Waals surface area contributed by atoms with Gasteiger partial charge in [0.1, 0.15) is 0 Å². The topological polar surface area (TPSA) is 72.2 Å². The lowest BCUT2D eigenvalue weighted by molar-refractivity contribution is -0.142. The van der Waals surface area contributed by atoms with Crippen LogP contribution in [0.3, 0.4) is 0 Å². The van der Waals surface area contributed by atoms with Crippen LogP contribution in [-0.4, -0.2) is 25.5 Å². The Morgan fingerprint density at radius 1 is 1.07 bits per heavy atom. The van der Waals surface area contributed by atoms with Gasteiger partial charge in [0, 0.05) is 30.6 Å². The number of benzene rings is 1. The maximum absolute atomic E-state index is 13.6. The first-order valence-corrected chi connectivity index (χ1v) is 8.62. The number of rotatable bonds is 4. The van der Waals surface area contributed by atoms with Crippen LogP contribution in [0, 0.1) is 0 Å². The molecule has 29 heavy (non-hydrogen) atoms. The molecule has 0 saturated heterocycles. The molecular formula is C20H14F3N5O. The maximum Gasteiger partial charge on any atom is 0.433 e. The molecule has 1 amide bonds. The molecule has 0 atom stereocenters. The van der Waals surface area contributed by atoms with Crippen LogP contribution in [-0.2, 0) is 12.7 Å². The van der Waals surface area contributed by atoms with Gasteiger partial charge >= 0.3 is 6.18 Å². The summed E-state index contributed by atoms with van der Waals surface area (Å²) in [5, 5.41) is 6.45. The van der Waals surface area contributed by atoms with Crippen molar-refractivity contribution < 1.29 is 18.0 Å². The lowest BCUT2D eigenvalue weighted by Crippen LogP contribution is -2.23. The zero-order valence-corrected chi connectivity index (χ0v) is 14.9. The highest BCUT2D eigenvalue weighted by Gasteiger charge is 2.35. The largest absolute Gasteiger partial charge is 0.433 e. The highest BCUT2D eigenvalue weighted by Crippen LogP contribution is 2.32. The molecule has 0 aliphatic carbocycles. The van der Waals surface area contributed by atoms with E-state index in [-0.39, 0.29) is 23.6 Å². The van der Waals surface area contributed by atoms with Gasteiger partial charge in [0.05, 0.1) is 5.69 Å². The maximum atomic E-state index is 13.6. The molecule has 0 fully saturated rings. The monoisotopic (exact) mass is 397 g/mol. The molecule has 4 aromatic rings. The quantitative estimate of drug-likeness (QED) is 0.570. The van der Waals surface area contributed by atoms with Crippen LogP contribution in [0.2, 0.25) is 0 Å². The summed E-state index contributed by atoms with van der Waals surface area (Å²) < 4.78 is 41.4. The van der Waals surface area contributed by atoms with E-state index in [1.54, 1.807) is 54.9 Å². The van der Waals surface area contributed by atoms with Gasteiger partial charge in [0.25, 0.3) is 5.91 Å². The van der Waals surface area contributed by atoms with Crippen LogP contribution in [0.15, 0.2) is 67.0 Å². The second kappa shape index (κ2) is 7.34. The number of amides is 1. The standard InChI is InChI=1S/C20H14F3N5O/c21-20(22,23)17-9-15(14-6-2-1-3-7-14)26-18-10-16(27-28(17)18)19(29)25-12-13-5-4-8-24-11-13/h1-11H,12H2,(H,25,29). The Kier molecular flexibility index (Phi) is 4.71. The van der Waals surface area contributed by atoms with E-state index in [0.717, 1.165) is 11.6 Å². The molecule has 0 bridgehead atoms. The third-order valence-corrected chi connectivity index (χ3v) is 4.20. The van der Waals surface area contributed by atoms with E-state index >= 15 is 0 Å². The molecule has 3 aromatic heterocycles. The van der Waals surface area contributed by atoms with Gasteiger partial charge in [-0.25, -0.2) is 9.50 Å². The number of halogens is 3. The number of hydrogen-bond acceptors (Lipinski definition) is 4. The van der Waals surface area contributed by atoms with Gasteiger partial charge in [0.2, 0.25) is 0 Å². The Hall–Kier alpha value is -3.75. The van der Waals surface area contributed by atoms with Crippen molar-refractivity contribution in [2.24, 2.45) is 0 Å². The molecule has 146 valence electrons. The van der Waals surface area contributed by atoms with E-state index in [0.29, 0.717) is 10.1 Å². The van der Waals surface area contributed by atoms with Crippen molar-refractivity contribution in [1.29, 1.82) is 0 Å². The summed E-state index contributed by atoms with van der Waals surface area (Å²) in [5.74, 6) is -0.603. The summed E-state index contributed by atoms with van der Waals surface area (Å²) in [5.41, 5.74) is 0.206. The van der Waals surface area contributed by atoms with E-state index in [1.807, 2.05) is 0 Å². The fourth-order valence-electron chi connectivity index (χ4n) is 2.82. The SMILES string of the molecule is O=C(NCc1cccnc1)c1cc2nc(-c3ccccc3)cc(C(F)(F)F)n2n1. The van der Waals surface area contributed by atoms with Crippen LogP contribution in [0.5, 0.6) is 0 Å². The average Bonchev–Trinajstić information content (AvgIpc) is 3.16. The van der Waals surface area contributed by atoms with E-state index in [9.17, 15) is 18.0 Å². The van der Waals surface area contributed by atoms with E-state index in [4.69, 9.17) is 0 Å². The summed E-state index contributed by atoms with van der Waals surface area (Å²) in [7, 11) is 0. The smallest absolute Gasteiger partial charge is 0.347 e. The number of nitrogens with one attached hydrogen (secondary N) is 1. The minimum absolute atomic E-state index is 0.0646. The van der Waals surface area contributed by atoms with Crippen LogP contribution in [0.4, 0.5) is 13.2 Å². The van der Waals surface area contributed by atoms with Gasteiger partial charge in [-0.05, 0) is 17.7 Å². The van der Waals surface area contributed by atoms with E-state index < -0.39 is 17.8 Å². The molecule has 9 heteroatoms.